The van der Waals surface area contributed by atoms with Crippen LogP contribution in [0.2, 0.25) is 10.0 Å². The van der Waals surface area contributed by atoms with E-state index in [9.17, 15) is 9.59 Å². The second-order valence-electron chi connectivity index (χ2n) is 7.97. The summed E-state index contributed by atoms with van der Waals surface area (Å²) < 4.78 is 11.1. The van der Waals surface area contributed by atoms with E-state index in [0.29, 0.717) is 22.1 Å². The SMILES string of the molecule is CC(Oc1ccc(-c2ccccc2)cc1)C(=O)N/N=C/c1cccc(OC(=O)c2ccc(Cl)cc2Cl)c1. The first-order valence-electron chi connectivity index (χ1n) is 11.3. The number of esters is 1. The van der Waals surface area contributed by atoms with E-state index in [-0.39, 0.29) is 10.6 Å². The van der Waals surface area contributed by atoms with E-state index >= 15 is 0 Å². The Morgan fingerprint density at radius 1 is 0.838 bits per heavy atom. The number of benzene rings is 4. The van der Waals surface area contributed by atoms with E-state index < -0.39 is 18.0 Å². The first kappa shape index (κ1) is 25.9. The van der Waals surface area contributed by atoms with Gasteiger partial charge in [-0.05, 0) is 66.1 Å². The Balaban J connectivity index is 1.30. The summed E-state index contributed by atoms with van der Waals surface area (Å²) in [6.45, 7) is 1.64. The molecule has 0 radical (unpaired) electrons. The zero-order valence-corrected chi connectivity index (χ0v) is 21.2. The summed E-state index contributed by atoms with van der Waals surface area (Å²) in [5.41, 5.74) is 5.41. The molecule has 0 saturated heterocycles. The van der Waals surface area contributed by atoms with Crippen LogP contribution in [-0.2, 0) is 4.79 Å². The first-order chi connectivity index (χ1) is 17.9. The zero-order chi connectivity index (χ0) is 26.2. The second-order valence-corrected chi connectivity index (χ2v) is 8.81. The van der Waals surface area contributed by atoms with Crippen molar-refractivity contribution in [2.45, 2.75) is 13.0 Å². The van der Waals surface area contributed by atoms with Gasteiger partial charge in [-0.3, -0.25) is 4.79 Å². The Morgan fingerprint density at radius 3 is 2.30 bits per heavy atom. The van der Waals surface area contributed by atoms with E-state index in [2.05, 4.69) is 10.5 Å². The van der Waals surface area contributed by atoms with E-state index in [1.165, 1.54) is 18.3 Å². The molecule has 1 unspecified atom stereocenters. The molecule has 0 saturated carbocycles. The monoisotopic (exact) mass is 532 g/mol. The van der Waals surface area contributed by atoms with Crippen molar-refractivity contribution in [1.29, 1.82) is 0 Å². The van der Waals surface area contributed by atoms with Crippen molar-refractivity contribution in [3.8, 4) is 22.6 Å². The topological polar surface area (TPSA) is 77.0 Å². The Bertz CT molecular complexity index is 1420. The zero-order valence-electron chi connectivity index (χ0n) is 19.7. The highest BCUT2D eigenvalue weighted by Crippen LogP contribution is 2.24. The molecule has 1 atom stereocenters. The van der Waals surface area contributed by atoms with Crippen LogP contribution >= 0.6 is 23.2 Å². The quantitative estimate of drug-likeness (QED) is 0.117. The van der Waals surface area contributed by atoms with Crippen LogP contribution in [0.25, 0.3) is 11.1 Å². The minimum absolute atomic E-state index is 0.195. The fraction of sp³-hybridized carbons (Fsp3) is 0.0690. The van der Waals surface area contributed by atoms with Gasteiger partial charge >= 0.3 is 5.97 Å². The third kappa shape index (κ3) is 7.19. The fourth-order valence-electron chi connectivity index (χ4n) is 3.35. The maximum atomic E-state index is 12.4. The van der Waals surface area contributed by atoms with E-state index in [4.69, 9.17) is 32.7 Å². The number of rotatable bonds is 8. The van der Waals surface area contributed by atoms with Gasteiger partial charge in [0, 0.05) is 5.02 Å². The van der Waals surface area contributed by atoms with Crippen molar-refractivity contribution in [3.05, 3.63) is 118 Å². The maximum absolute atomic E-state index is 12.4. The molecule has 4 rings (SSSR count). The number of hydrogen-bond donors (Lipinski definition) is 1. The Hall–Kier alpha value is -4.13. The molecule has 0 aliphatic rings. The fourth-order valence-corrected chi connectivity index (χ4v) is 3.84. The van der Waals surface area contributed by atoms with Gasteiger partial charge in [0.15, 0.2) is 6.10 Å². The Morgan fingerprint density at radius 2 is 1.57 bits per heavy atom. The van der Waals surface area contributed by atoms with Gasteiger partial charge in [-0.2, -0.15) is 5.10 Å². The van der Waals surface area contributed by atoms with Crippen molar-refractivity contribution >= 4 is 41.3 Å². The number of hydrazone groups is 1. The lowest BCUT2D eigenvalue weighted by molar-refractivity contribution is -0.127. The molecule has 37 heavy (non-hydrogen) atoms. The first-order valence-corrected chi connectivity index (χ1v) is 12.1. The van der Waals surface area contributed by atoms with Gasteiger partial charge in [0.25, 0.3) is 5.91 Å². The van der Waals surface area contributed by atoms with Crippen molar-refractivity contribution in [1.82, 2.24) is 5.43 Å². The molecule has 1 amide bonds. The number of ether oxygens (including phenoxy) is 2. The highest BCUT2D eigenvalue weighted by molar-refractivity contribution is 6.36. The van der Waals surface area contributed by atoms with Gasteiger partial charge in [-0.1, -0.05) is 77.8 Å². The molecule has 0 aliphatic carbocycles. The molecule has 186 valence electrons. The van der Waals surface area contributed by atoms with Crippen molar-refractivity contribution < 1.29 is 19.1 Å². The van der Waals surface area contributed by atoms with Crippen molar-refractivity contribution in [2.75, 3.05) is 0 Å². The molecular weight excluding hydrogens is 511 g/mol. The average molecular weight is 533 g/mol. The number of carbonyl (C=O) groups excluding carboxylic acids is 2. The molecule has 1 N–H and O–H groups in total. The largest absolute Gasteiger partial charge is 0.481 e. The molecule has 0 spiro atoms. The maximum Gasteiger partial charge on any atom is 0.345 e. The molecule has 8 heteroatoms. The van der Waals surface area contributed by atoms with Crippen LogP contribution in [0.5, 0.6) is 11.5 Å². The molecule has 4 aromatic rings. The predicted octanol–water partition coefficient (Wildman–Crippen LogP) is 6.80. The lowest BCUT2D eigenvalue weighted by Crippen LogP contribution is -2.33. The van der Waals surface area contributed by atoms with Crippen LogP contribution in [0.4, 0.5) is 0 Å². The van der Waals surface area contributed by atoms with Crippen LogP contribution in [0, 0.1) is 0 Å². The lowest BCUT2D eigenvalue weighted by atomic mass is 10.1. The summed E-state index contributed by atoms with van der Waals surface area (Å²) >= 11 is 11.9. The van der Waals surface area contributed by atoms with Crippen LogP contribution < -0.4 is 14.9 Å². The lowest BCUT2D eigenvalue weighted by Gasteiger charge is -2.13. The molecule has 0 fully saturated rings. The average Bonchev–Trinajstić information content (AvgIpc) is 2.89. The second kappa shape index (κ2) is 12.2. The Labute approximate surface area is 224 Å². The van der Waals surface area contributed by atoms with E-state index in [0.717, 1.165) is 11.1 Å². The highest BCUT2D eigenvalue weighted by Gasteiger charge is 2.15. The number of amides is 1. The third-order valence-corrected chi connectivity index (χ3v) is 5.80. The highest BCUT2D eigenvalue weighted by atomic mass is 35.5. The number of hydrogen-bond acceptors (Lipinski definition) is 5. The molecular formula is C29H22Cl2N2O4. The van der Waals surface area contributed by atoms with Gasteiger partial charge < -0.3 is 9.47 Å². The summed E-state index contributed by atoms with van der Waals surface area (Å²) in [4.78, 5) is 24.8. The summed E-state index contributed by atoms with van der Waals surface area (Å²) in [7, 11) is 0. The number of carbonyl (C=O) groups is 2. The van der Waals surface area contributed by atoms with Crippen molar-refractivity contribution in [2.24, 2.45) is 5.10 Å². The third-order valence-electron chi connectivity index (χ3n) is 5.25. The van der Waals surface area contributed by atoms with Gasteiger partial charge in [0.2, 0.25) is 0 Å². The van der Waals surface area contributed by atoms with Crippen LogP contribution in [0.15, 0.2) is 102 Å². The summed E-state index contributed by atoms with van der Waals surface area (Å²) in [6.07, 6.45) is 0.669. The number of halogens is 2. The standard InChI is InChI=1S/C29H22Cl2N2O4/c1-19(36-24-13-10-22(11-14-24)21-7-3-2-4-8-21)28(34)33-32-18-20-6-5-9-25(16-20)37-29(35)26-15-12-23(30)17-27(26)31/h2-19H,1H3,(H,33,34)/b32-18+. The Kier molecular flexibility index (Phi) is 8.56. The summed E-state index contributed by atoms with van der Waals surface area (Å²) in [5.74, 6) is -0.168. The predicted molar refractivity (Wildman–Crippen MR) is 146 cm³/mol. The molecule has 0 aliphatic heterocycles. The molecule has 0 aromatic heterocycles. The van der Waals surface area contributed by atoms with Crippen LogP contribution in [0.1, 0.15) is 22.8 Å². The summed E-state index contributed by atoms with van der Waals surface area (Å²) in [6, 6.07) is 28.7. The van der Waals surface area contributed by atoms with E-state index in [1.54, 1.807) is 37.3 Å². The van der Waals surface area contributed by atoms with Crippen molar-refractivity contribution in [3.63, 3.8) is 0 Å². The summed E-state index contributed by atoms with van der Waals surface area (Å²) in [5, 5.41) is 4.59. The minimum atomic E-state index is -0.767. The molecule has 6 nitrogen and oxygen atoms in total. The number of nitrogens with one attached hydrogen (secondary N) is 1. The number of nitrogens with zero attached hydrogens (tertiary/aromatic N) is 1. The van der Waals surface area contributed by atoms with Gasteiger partial charge in [-0.25, -0.2) is 10.2 Å². The molecule has 0 heterocycles. The molecule has 0 bridgehead atoms. The van der Waals surface area contributed by atoms with E-state index in [1.807, 2.05) is 54.6 Å². The molecule has 4 aromatic carbocycles. The van der Waals surface area contributed by atoms with Gasteiger partial charge in [0.1, 0.15) is 11.5 Å². The normalized spacial score (nSPS) is 11.6. The smallest absolute Gasteiger partial charge is 0.345 e. The van der Waals surface area contributed by atoms with Crippen LogP contribution in [0.3, 0.4) is 0 Å². The minimum Gasteiger partial charge on any atom is -0.481 e. The van der Waals surface area contributed by atoms with Crippen LogP contribution in [-0.4, -0.2) is 24.2 Å². The van der Waals surface area contributed by atoms with Gasteiger partial charge in [0.05, 0.1) is 16.8 Å². The van der Waals surface area contributed by atoms with Gasteiger partial charge in [-0.15, -0.1) is 0 Å².